The fraction of sp³-hybridized carbons (Fsp3) is 0.364. The molecule has 0 saturated heterocycles. The SMILES string of the molecule is CCOC(=O)C(C(=O)C(C)(C)SCc1ccc(OC)cc1)c1c(Cl)cccc1Cl. The minimum Gasteiger partial charge on any atom is -0.497 e. The number of halogens is 2. The molecule has 0 heterocycles. The van der Waals surface area contributed by atoms with Crippen LogP contribution in [0.1, 0.15) is 37.8 Å². The first kappa shape index (κ1) is 23.6. The van der Waals surface area contributed by atoms with E-state index in [0.29, 0.717) is 5.75 Å². The normalized spacial score (nSPS) is 12.3. The Kier molecular flexibility index (Phi) is 8.44. The van der Waals surface area contributed by atoms with Gasteiger partial charge in [-0.2, -0.15) is 0 Å². The number of thioether (sulfide) groups is 1. The van der Waals surface area contributed by atoms with Crippen molar-refractivity contribution in [1.29, 1.82) is 0 Å². The monoisotopic (exact) mass is 454 g/mol. The molecule has 0 N–H and O–H groups in total. The van der Waals surface area contributed by atoms with Gasteiger partial charge < -0.3 is 9.47 Å². The highest BCUT2D eigenvalue weighted by Gasteiger charge is 2.41. The Hall–Kier alpha value is -1.69. The Morgan fingerprint density at radius 2 is 1.66 bits per heavy atom. The van der Waals surface area contributed by atoms with Crippen LogP contribution in [0.15, 0.2) is 42.5 Å². The quantitative estimate of drug-likeness (QED) is 0.347. The summed E-state index contributed by atoms with van der Waals surface area (Å²) in [5.74, 6) is -0.774. The number of rotatable bonds is 9. The van der Waals surface area contributed by atoms with E-state index < -0.39 is 16.6 Å². The summed E-state index contributed by atoms with van der Waals surface area (Å²) in [5, 5.41) is 0.528. The summed E-state index contributed by atoms with van der Waals surface area (Å²) in [6, 6.07) is 12.5. The Labute approximate surface area is 185 Å². The van der Waals surface area contributed by atoms with Crippen LogP contribution in [0.4, 0.5) is 0 Å². The Balaban J connectivity index is 2.29. The van der Waals surface area contributed by atoms with Crippen LogP contribution in [-0.4, -0.2) is 30.2 Å². The van der Waals surface area contributed by atoms with Crippen molar-refractivity contribution >= 4 is 46.7 Å². The Bertz CT molecular complexity index is 845. The molecule has 0 aromatic heterocycles. The van der Waals surface area contributed by atoms with Crippen LogP contribution in [0.3, 0.4) is 0 Å². The van der Waals surface area contributed by atoms with E-state index in [1.807, 2.05) is 24.3 Å². The molecule has 156 valence electrons. The van der Waals surface area contributed by atoms with Crippen LogP contribution in [-0.2, 0) is 20.1 Å². The summed E-state index contributed by atoms with van der Waals surface area (Å²) in [6.07, 6.45) is 0. The molecule has 7 heteroatoms. The molecule has 1 unspecified atom stereocenters. The van der Waals surface area contributed by atoms with Gasteiger partial charge in [0.05, 0.1) is 18.5 Å². The van der Waals surface area contributed by atoms with E-state index in [0.717, 1.165) is 11.3 Å². The third-order valence-corrected chi connectivity index (χ3v) is 6.48. The molecular weight excluding hydrogens is 431 g/mol. The summed E-state index contributed by atoms with van der Waals surface area (Å²) in [6.45, 7) is 5.43. The zero-order chi connectivity index (χ0) is 21.6. The number of ether oxygens (including phenoxy) is 2. The molecule has 2 aromatic carbocycles. The van der Waals surface area contributed by atoms with Gasteiger partial charge >= 0.3 is 5.97 Å². The second-order valence-corrected chi connectivity index (χ2v) is 9.24. The van der Waals surface area contributed by atoms with Crippen LogP contribution in [0.5, 0.6) is 5.75 Å². The van der Waals surface area contributed by atoms with E-state index in [1.165, 1.54) is 11.8 Å². The number of benzene rings is 2. The van der Waals surface area contributed by atoms with Gasteiger partial charge in [0.25, 0.3) is 0 Å². The summed E-state index contributed by atoms with van der Waals surface area (Å²) in [4.78, 5) is 26.1. The lowest BCUT2D eigenvalue weighted by atomic mass is 9.88. The van der Waals surface area contributed by atoms with Gasteiger partial charge in [-0.05, 0) is 50.6 Å². The molecule has 0 fully saturated rings. The van der Waals surface area contributed by atoms with E-state index in [1.54, 1.807) is 46.1 Å². The van der Waals surface area contributed by atoms with E-state index in [4.69, 9.17) is 32.7 Å². The summed E-state index contributed by atoms with van der Waals surface area (Å²) in [5.41, 5.74) is 1.33. The number of carbonyl (C=O) groups is 2. The highest BCUT2D eigenvalue weighted by atomic mass is 35.5. The topological polar surface area (TPSA) is 52.6 Å². The predicted molar refractivity (Wildman–Crippen MR) is 119 cm³/mol. The van der Waals surface area contributed by atoms with Crippen LogP contribution in [0.2, 0.25) is 10.0 Å². The van der Waals surface area contributed by atoms with Crippen LogP contribution in [0.25, 0.3) is 0 Å². The van der Waals surface area contributed by atoms with Crippen LogP contribution < -0.4 is 4.74 Å². The van der Waals surface area contributed by atoms with E-state index in [2.05, 4.69) is 0 Å². The number of hydrogen-bond donors (Lipinski definition) is 0. The zero-order valence-corrected chi connectivity index (χ0v) is 19.2. The molecule has 0 radical (unpaired) electrons. The first-order valence-electron chi connectivity index (χ1n) is 9.13. The lowest BCUT2D eigenvalue weighted by Crippen LogP contribution is -2.38. The number of ketones is 1. The van der Waals surface area contributed by atoms with Gasteiger partial charge in [0.2, 0.25) is 0 Å². The van der Waals surface area contributed by atoms with Gasteiger partial charge in [0.1, 0.15) is 11.7 Å². The van der Waals surface area contributed by atoms with E-state index in [9.17, 15) is 9.59 Å². The van der Waals surface area contributed by atoms with Gasteiger partial charge in [-0.1, -0.05) is 41.4 Å². The maximum atomic E-state index is 13.4. The number of carbonyl (C=O) groups excluding carboxylic acids is 2. The first-order valence-corrected chi connectivity index (χ1v) is 10.9. The fourth-order valence-corrected chi connectivity index (χ4v) is 4.37. The molecule has 1 atom stereocenters. The molecule has 0 amide bonds. The predicted octanol–water partition coefficient (Wildman–Crippen LogP) is 5.93. The van der Waals surface area contributed by atoms with Gasteiger partial charge in [-0.15, -0.1) is 11.8 Å². The number of Topliss-reactive ketones (excluding diaryl/α,β-unsaturated/α-hetero) is 1. The second-order valence-electron chi connectivity index (χ2n) is 6.83. The molecule has 0 aliphatic heterocycles. The van der Waals surface area contributed by atoms with E-state index in [-0.39, 0.29) is 28.0 Å². The summed E-state index contributed by atoms with van der Waals surface area (Å²) < 4.78 is 9.47. The fourth-order valence-electron chi connectivity index (χ4n) is 2.77. The van der Waals surface area contributed by atoms with Crippen LogP contribution in [0, 0.1) is 0 Å². The van der Waals surface area contributed by atoms with Crippen molar-refractivity contribution in [2.45, 2.75) is 37.2 Å². The molecule has 2 rings (SSSR count). The van der Waals surface area contributed by atoms with Crippen molar-refractivity contribution in [1.82, 2.24) is 0 Å². The first-order chi connectivity index (χ1) is 13.7. The van der Waals surface area contributed by atoms with E-state index >= 15 is 0 Å². The van der Waals surface area contributed by atoms with Crippen molar-refractivity contribution in [3.63, 3.8) is 0 Å². The van der Waals surface area contributed by atoms with Crippen molar-refractivity contribution in [2.75, 3.05) is 13.7 Å². The highest BCUT2D eigenvalue weighted by molar-refractivity contribution is 8.00. The molecule has 0 saturated carbocycles. The third kappa shape index (κ3) is 5.91. The highest BCUT2D eigenvalue weighted by Crippen LogP contribution is 2.39. The van der Waals surface area contributed by atoms with Crippen LogP contribution >= 0.6 is 35.0 Å². The molecule has 4 nitrogen and oxygen atoms in total. The van der Waals surface area contributed by atoms with Gasteiger partial charge in [-0.25, -0.2) is 0 Å². The van der Waals surface area contributed by atoms with Crippen molar-refractivity contribution in [2.24, 2.45) is 0 Å². The minimum atomic E-state index is -1.19. The standard InChI is InChI=1S/C22H24Cl2O4S/c1-5-28-21(26)19(18-16(23)7-6-8-17(18)24)20(25)22(2,3)29-13-14-9-11-15(27-4)12-10-14/h6-12,19H,5,13H2,1-4H3. The lowest BCUT2D eigenvalue weighted by Gasteiger charge is -2.28. The van der Waals surface area contributed by atoms with Crippen molar-refractivity contribution in [3.05, 3.63) is 63.6 Å². The number of esters is 1. The summed E-state index contributed by atoms with van der Waals surface area (Å²) in [7, 11) is 1.61. The van der Waals surface area contributed by atoms with Crippen molar-refractivity contribution < 1.29 is 19.1 Å². The number of methoxy groups -OCH3 is 1. The maximum Gasteiger partial charge on any atom is 0.321 e. The summed E-state index contributed by atoms with van der Waals surface area (Å²) >= 11 is 14.0. The zero-order valence-electron chi connectivity index (χ0n) is 16.8. The second kappa shape index (κ2) is 10.4. The minimum absolute atomic E-state index is 0.157. The lowest BCUT2D eigenvalue weighted by molar-refractivity contribution is -0.148. The van der Waals surface area contributed by atoms with Gasteiger partial charge in [-0.3, -0.25) is 9.59 Å². The molecular formula is C22H24Cl2O4S. The molecule has 0 bridgehead atoms. The van der Waals surface area contributed by atoms with Gasteiger partial charge in [0.15, 0.2) is 5.78 Å². The molecule has 0 spiro atoms. The Morgan fingerprint density at radius 1 is 1.07 bits per heavy atom. The largest absolute Gasteiger partial charge is 0.497 e. The Morgan fingerprint density at radius 3 is 2.17 bits per heavy atom. The average molecular weight is 455 g/mol. The molecule has 0 aliphatic rings. The molecule has 2 aromatic rings. The third-order valence-electron chi connectivity index (χ3n) is 4.42. The van der Waals surface area contributed by atoms with Crippen molar-refractivity contribution in [3.8, 4) is 5.75 Å². The van der Waals surface area contributed by atoms with Gasteiger partial charge in [0, 0.05) is 21.4 Å². The molecule has 0 aliphatic carbocycles. The molecule has 29 heavy (non-hydrogen) atoms. The number of hydrogen-bond acceptors (Lipinski definition) is 5. The smallest absolute Gasteiger partial charge is 0.321 e. The average Bonchev–Trinajstić information content (AvgIpc) is 2.69. The maximum absolute atomic E-state index is 13.4.